The highest BCUT2D eigenvalue weighted by atomic mass is 79.9. The maximum absolute atomic E-state index is 4.65. The van der Waals surface area contributed by atoms with Crippen molar-refractivity contribution in [2.24, 2.45) is 13.0 Å². The van der Waals surface area contributed by atoms with Crippen molar-refractivity contribution in [3.05, 3.63) is 15.9 Å². The minimum Gasteiger partial charge on any atom is -0.313 e. The number of nitrogens with one attached hydrogen (secondary N) is 1. The largest absolute Gasteiger partial charge is 0.313 e. The van der Waals surface area contributed by atoms with E-state index in [1.807, 2.05) is 0 Å². The van der Waals surface area contributed by atoms with Gasteiger partial charge in [0.25, 0.3) is 0 Å². The number of hydrogen-bond acceptors (Lipinski definition) is 2. The second kappa shape index (κ2) is 8.33. The summed E-state index contributed by atoms with van der Waals surface area (Å²) in [5.74, 6) is 0.831. The van der Waals surface area contributed by atoms with Gasteiger partial charge in [-0.25, -0.2) is 0 Å². The van der Waals surface area contributed by atoms with Gasteiger partial charge in [-0.15, -0.1) is 0 Å². The van der Waals surface area contributed by atoms with Crippen LogP contribution in [-0.4, -0.2) is 22.4 Å². The monoisotopic (exact) mass is 355 g/mol. The van der Waals surface area contributed by atoms with Crippen molar-refractivity contribution in [1.29, 1.82) is 0 Å². The van der Waals surface area contributed by atoms with E-state index < -0.39 is 0 Å². The van der Waals surface area contributed by atoms with Crippen molar-refractivity contribution in [3.63, 3.8) is 0 Å². The second-order valence-corrected chi connectivity index (χ2v) is 7.14. The Kier molecular flexibility index (Phi) is 6.74. The quantitative estimate of drug-likeness (QED) is 0.792. The molecule has 0 aliphatic heterocycles. The van der Waals surface area contributed by atoms with Crippen molar-refractivity contribution >= 4 is 15.9 Å². The normalized spacial score (nSPS) is 18.1. The molecule has 0 radical (unpaired) electrons. The molecule has 1 aromatic heterocycles. The predicted molar refractivity (Wildman–Crippen MR) is 92.6 cm³/mol. The zero-order valence-corrected chi connectivity index (χ0v) is 15.4. The molecule has 0 bridgehead atoms. The van der Waals surface area contributed by atoms with Crippen LogP contribution in [0.25, 0.3) is 0 Å². The van der Waals surface area contributed by atoms with Crippen LogP contribution in [0.5, 0.6) is 0 Å². The molecular weight excluding hydrogens is 326 g/mol. The molecule has 1 aromatic rings. The fourth-order valence-electron chi connectivity index (χ4n) is 3.52. The van der Waals surface area contributed by atoms with Gasteiger partial charge in [-0.1, -0.05) is 33.1 Å². The molecule has 1 N–H and O–H groups in total. The predicted octanol–water partition coefficient (Wildman–Crippen LogP) is 4.24. The SMILES string of the molecule is CCCNC(Cc1c(Br)c(CC)nn1C)C1CCCCC1. The molecule has 2 rings (SSSR count). The highest BCUT2D eigenvalue weighted by molar-refractivity contribution is 9.10. The molecule has 0 saturated heterocycles. The van der Waals surface area contributed by atoms with Gasteiger partial charge in [0.05, 0.1) is 15.9 Å². The summed E-state index contributed by atoms with van der Waals surface area (Å²) in [5, 5.41) is 8.46. The first-order valence-corrected chi connectivity index (χ1v) is 9.40. The Balaban J connectivity index is 2.11. The van der Waals surface area contributed by atoms with Gasteiger partial charge in [-0.05, 0) is 54.1 Å². The number of aryl methyl sites for hydroxylation is 2. The molecule has 1 heterocycles. The summed E-state index contributed by atoms with van der Waals surface area (Å²) in [6, 6.07) is 0.599. The lowest BCUT2D eigenvalue weighted by Crippen LogP contribution is -2.40. The van der Waals surface area contributed by atoms with Crippen LogP contribution in [0.4, 0.5) is 0 Å². The third-order valence-corrected chi connectivity index (χ3v) is 5.71. The molecule has 4 heteroatoms. The van der Waals surface area contributed by atoms with Gasteiger partial charge >= 0.3 is 0 Å². The van der Waals surface area contributed by atoms with Crippen LogP contribution in [0.1, 0.15) is 63.8 Å². The maximum Gasteiger partial charge on any atom is 0.0766 e. The van der Waals surface area contributed by atoms with Crippen molar-refractivity contribution < 1.29 is 0 Å². The first-order chi connectivity index (χ1) is 10.2. The van der Waals surface area contributed by atoms with E-state index in [1.54, 1.807) is 0 Å². The Labute approximate surface area is 138 Å². The molecule has 0 amide bonds. The van der Waals surface area contributed by atoms with Gasteiger partial charge < -0.3 is 5.32 Å². The topological polar surface area (TPSA) is 29.9 Å². The lowest BCUT2D eigenvalue weighted by molar-refractivity contribution is 0.264. The average Bonchev–Trinajstić information content (AvgIpc) is 2.79. The Morgan fingerprint density at radius 3 is 2.57 bits per heavy atom. The summed E-state index contributed by atoms with van der Waals surface area (Å²) in [5.41, 5.74) is 2.54. The van der Waals surface area contributed by atoms with Gasteiger partial charge in [0, 0.05) is 19.5 Å². The highest BCUT2D eigenvalue weighted by Crippen LogP contribution is 2.30. The Hall–Kier alpha value is -0.350. The zero-order valence-electron chi connectivity index (χ0n) is 13.8. The molecule has 1 saturated carbocycles. The van der Waals surface area contributed by atoms with Crippen molar-refractivity contribution in [3.8, 4) is 0 Å². The summed E-state index contributed by atoms with van der Waals surface area (Å²) in [6.45, 7) is 5.54. The number of aromatic nitrogens is 2. The van der Waals surface area contributed by atoms with Gasteiger partial charge in [0.1, 0.15) is 0 Å². The van der Waals surface area contributed by atoms with Gasteiger partial charge in [-0.2, -0.15) is 5.10 Å². The van der Waals surface area contributed by atoms with Crippen LogP contribution in [-0.2, 0) is 19.9 Å². The van der Waals surface area contributed by atoms with E-state index in [9.17, 15) is 0 Å². The van der Waals surface area contributed by atoms with Gasteiger partial charge in [-0.3, -0.25) is 4.68 Å². The lowest BCUT2D eigenvalue weighted by atomic mass is 9.82. The lowest BCUT2D eigenvalue weighted by Gasteiger charge is -2.31. The third-order valence-electron chi connectivity index (χ3n) is 4.79. The van der Waals surface area contributed by atoms with E-state index in [0.29, 0.717) is 6.04 Å². The van der Waals surface area contributed by atoms with Crippen LogP contribution in [0, 0.1) is 5.92 Å². The van der Waals surface area contributed by atoms with Gasteiger partial charge in [0.15, 0.2) is 0 Å². The summed E-state index contributed by atoms with van der Waals surface area (Å²) >= 11 is 3.77. The number of nitrogens with zero attached hydrogens (tertiary/aromatic N) is 2. The standard InChI is InChI=1S/C17H30BrN3/c1-4-11-19-15(13-9-7-6-8-10-13)12-16-17(18)14(5-2)20-21(16)3/h13,15,19H,4-12H2,1-3H3. The molecule has 120 valence electrons. The minimum atomic E-state index is 0.599. The molecule has 21 heavy (non-hydrogen) atoms. The molecule has 3 nitrogen and oxygen atoms in total. The zero-order chi connectivity index (χ0) is 15.2. The summed E-state index contributed by atoms with van der Waals surface area (Å²) in [4.78, 5) is 0. The molecular formula is C17H30BrN3. The van der Waals surface area contributed by atoms with E-state index in [0.717, 1.165) is 25.3 Å². The van der Waals surface area contributed by atoms with Crippen molar-refractivity contribution in [1.82, 2.24) is 15.1 Å². The highest BCUT2D eigenvalue weighted by Gasteiger charge is 2.25. The molecule has 0 spiro atoms. The summed E-state index contributed by atoms with van der Waals surface area (Å²) < 4.78 is 3.30. The first kappa shape index (κ1) is 17.0. The van der Waals surface area contributed by atoms with Crippen molar-refractivity contribution in [2.45, 2.75) is 71.3 Å². The van der Waals surface area contributed by atoms with E-state index >= 15 is 0 Å². The molecule has 1 aliphatic rings. The smallest absolute Gasteiger partial charge is 0.0766 e. The third kappa shape index (κ3) is 4.32. The van der Waals surface area contributed by atoms with Crippen LogP contribution < -0.4 is 5.32 Å². The summed E-state index contributed by atoms with van der Waals surface area (Å²) in [7, 11) is 2.08. The Morgan fingerprint density at radius 1 is 1.29 bits per heavy atom. The molecule has 1 aliphatic carbocycles. The van der Waals surface area contributed by atoms with Gasteiger partial charge in [0.2, 0.25) is 0 Å². The second-order valence-electron chi connectivity index (χ2n) is 6.35. The fourth-order valence-corrected chi connectivity index (χ4v) is 4.30. The van der Waals surface area contributed by atoms with E-state index in [1.165, 1.54) is 54.4 Å². The molecule has 0 aromatic carbocycles. The number of rotatable bonds is 7. The van der Waals surface area contributed by atoms with Crippen LogP contribution in [0.3, 0.4) is 0 Å². The van der Waals surface area contributed by atoms with E-state index in [-0.39, 0.29) is 0 Å². The molecule has 1 unspecified atom stereocenters. The Morgan fingerprint density at radius 2 is 2.00 bits per heavy atom. The first-order valence-electron chi connectivity index (χ1n) is 8.61. The molecule has 1 atom stereocenters. The van der Waals surface area contributed by atoms with Crippen LogP contribution in [0.15, 0.2) is 4.47 Å². The van der Waals surface area contributed by atoms with Crippen molar-refractivity contribution in [2.75, 3.05) is 6.54 Å². The van der Waals surface area contributed by atoms with E-state index in [2.05, 4.69) is 51.9 Å². The summed E-state index contributed by atoms with van der Waals surface area (Å²) in [6.07, 6.45) is 10.3. The number of halogens is 1. The maximum atomic E-state index is 4.65. The van der Waals surface area contributed by atoms with E-state index in [4.69, 9.17) is 0 Å². The average molecular weight is 356 g/mol. The van der Waals surface area contributed by atoms with Crippen LogP contribution in [0.2, 0.25) is 0 Å². The molecule has 1 fully saturated rings. The minimum absolute atomic E-state index is 0.599. The Bertz CT molecular complexity index is 435. The number of hydrogen-bond donors (Lipinski definition) is 1. The van der Waals surface area contributed by atoms with Crippen LogP contribution >= 0.6 is 15.9 Å². The fraction of sp³-hybridized carbons (Fsp3) is 0.824.